The highest BCUT2D eigenvalue weighted by atomic mass is 16.5. The van der Waals surface area contributed by atoms with E-state index in [1.807, 2.05) is 17.4 Å². The molecule has 2 fully saturated rings. The summed E-state index contributed by atoms with van der Waals surface area (Å²) in [5.41, 5.74) is 0. The van der Waals surface area contributed by atoms with Gasteiger partial charge in [0.15, 0.2) is 0 Å². The smallest absolute Gasteiger partial charge is 0.252 e. The van der Waals surface area contributed by atoms with Gasteiger partial charge in [0.05, 0.1) is 25.1 Å². The van der Waals surface area contributed by atoms with E-state index in [-0.39, 0.29) is 24.0 Å². The van der Waals surface area contributed by atoms with Gasteiger partial charge in [-0.3, -0.25) is 4.79 Å². The zero-order valence-corrected chi connectivity index (χ0v) is 14.8. The molecule has 1 aromatic heterocycles. The van der Waals surface area contributed by atoms with Crippen LogP contribution >= 0.6 is 0 Å². The molecule has 0 aliphatic carbocycles. The molecule has 1 aromatic rings. The lowest BCUT2D eigenvalue weighted by Crippen LogP contribution is -2.48. The first-order valence-electron chi connectivity index (χ1n) is 9.14. The Labute approximate surface area is 144 Å². The number of carbonyl (C=O) groups is 1. The summed E-state index contributed by atoms with van der Waals surface area (Å²) >= 11 is 0. The molecule has 0 N–H and O–H groups in total. The highest BCUT2D eigenvalue weighted by Gasteiger charge is 2.32. The molecule has 0 aromatic carbocycles. The summed E-state index contributed by atoms with van der Waals surface area (Å²) in [4.78, 5) is 19.1. The predicted octanol–water partition coefficient (Wildman–Crippen LogP) is 2.27. The molecule has 6 heteroatoms. The maximum Gasteiger partial charge on any atom is 0.252 e. The maximum atomic E-state index is 13.0. The van der Waals surface area contributed by atoms with Gasteiger partial charge in [0.2, 0.25) is 0 Å². The first kappa shape index (κ1) is 17.4. The van der Waals surface area contributed by atoms with Crippen LogP contribution in [-0.4, -0.2) is 58.9 Å². The Balaban J connectivity index is 1.58. The lowest BCUT2D eigenvalue weighted by molar-refractivity contribution is -0.151. The van der Waals surface area contributed by atoms with Crippen LogP contribution in [0.1, 0.15) is 45.6 Å². The van der Waals surface area contributed by atoms with E-state index in [4.69, 9.17) is 9.47 Å². The zero-order valence-electron chi connectivity index (χ0n) is 14.8. The van der Waals surface area contributed by atoms with Crippen LogP contribution in [0, 0.1) is 5.92 Å². The van der Waals surface area contributed by atoms with Gasteiger partial charge in [-0.1, -0.05) is 13.8 Å². The van der Waals surface area contributed by atoms with Crippen LogP contribution in [0.25, 0.3) is 0 Å². The number of carbonyl (C=O) groups excluding carboxylic acids is 1. The minimum Gasteiger partial charge on any atom is -0.376 e. The molecule has 134 valence electrons. The molecule has 0 saturated carbocycles. The maximum absolute atomic E-state index is 13.0. The summed E-state index contributed by atoms with van der Waals surface area (Å²) in [6, 6.07) is 0.316. The number of aromatic nitrogens is 2. The Hall–Kier alpha value is -1.40. The minimum atomic E-state index is -0.379. The number of rotatable bonds is 6. The molecule has 3 atom stereocenters. The summed E-state index contributed by atoms with van der Waals surface area (Å²) in [6.45, 7) is 6.99. The molecule has 3 heterocycles. The van der Waals surface area contributed by atoms with Crippen LogP contribution < -0.4 is 0 Å². The Kier molecular flexibility index (Phi) is 5.89. The van der Waals surface area contributed by atoms with E-state index < -0.39 is 0 Å². The van der Waals surface area contributed by atoms with Gasteiger partial charge in [0.1, 0.15) is 6.10 Å². The van der Waals surface area contributed by atoms with Crippen LogP contribution in [-0.2, 0) is 14.3 Å². The fraction of sp³-hybridized carbons (Fsp3) is 0.778. The number of hydrogen-bond acceptors (Lipinski definition) is 4. The second-order valence-corrected chi connectivity index (χ2v) is 7.22. The molecule has 2 saturated heterocycles. The molecule has 24 heavy (non-hydrogen) atoms. The van der Waals surface area contributed by atoms with E-state index in [2.05, 4.69) is 23.4 Å². The third-order valence-corrected chi connectivity index (χ3v) is 4.99. The first-order valence-corrected chi connectivity index (χ1v) is 9.14. The number of piperidine rings is 1. The Morgan fingerprint density at radius 3 is 2.92 bits per heavy atom. The van der Waals surface area contributed by atoms with E-state index in [9.17, 15) is 4.79 Å². The van der Waals surface area contributed by atoms with Crippen LogP contribution in [0.2, 0.25) is 0 Å². The van der Waals surface area contributed by atoms with Crippen LogP contribution in [0.3, 0.4) is 0 Å². The SMILES string of the molecule is CC(C)C(OCC1CCCO1)C(=O)N1CCCC(n2ccnc2)C1. The van der Waals surface area contributed by atoms with Crippen molar-refractivity contribution in [1.82, 2.24) is 14.5 Å². The van der Waals surface area contributed by atoms with E-state index in [0.717, 1.165) is 45.4 Å². The van der Waals surface area contributed by atoms with Crippen molar-refractivity contribution in [2.75, 3.05) is 26.3 Å². The van der Waals surface area contributed by atoms with Crippen molar-refractivity contribution in [2.24, 2.45) is 5.92 Å². The van der Waals surface area contributed by atoms with Gasteiger partial charge in [-0.15, -0.1) is 0 Å². The number of hydrogen-bond donors (Lipinski definition) is 0. The second kappa shape index (κ2) is 8.12. The van der Waals surface area contributed by atoms with Gasteiger partial charge < -0.3 is 18.9 Å². The Bertz CT molecular complexity index is 512. The quantitative estimate of drug-likeness (QED) is 0.800. The fourth-order valence-electron chi connectivity index (χ4n) is 3.60. The normalized spacial score (nSPS) is 26.0. The monoisotopic (exact) mass is 335 g/mol. The van der Waals surface area contributed by atoms with E-state index in [1.165, 1.54) is 0 Å². The molecule has 3 unspecified atom stereocenters. The molecule has 2 aliphatic rings. The second-order valence-electron chi connectivity index (χ2n) is 7.22. The number of nitrogens with zero attached hydrogens (tertiary/aromatic N) is 3. The molecule has 2 aliphatic heterocycles. The highest BCUT2D eigenvalue weighted by Crippen LogP contribution is 2.24. The van der Waals surface area contributed by atoms with Crippen LogP contribution in [0.5, 0.6) is 0 Å². The van der Waals surface area contributed by atoms with Crippen molar-refractivity contribution >= 4 is 5.91 Å². The molecule has 0 radical (unpaired) electrons. The number of imidazole rings is 1. The van der Waals surface area contributed by atoms with Gasteiger partial charge in [-0.25, -0.2) is 4.98 Å². The third-order valence-electron chi connectivity index (χ3n) is 4.99. The minimum absolute atomic E-state index is 0.118. The molecular formula is C18H29N3O3. The Morgan fingerprint density at radius 1 is 1.38 bits per heavy atom. The molecule has 0 spiro atoms. The summed E-state index contributed by atoms with van der Waals surface area (Å²) < 4.78 is 13.7. The number of likely N-dealkylation sites (tertiary alicyclic amines) is 1. The first-order chi connectivity index (χ1) is 11.6. The van der Waals surface area contributed by atoms with Crippen LogP contribution in [0.15, 0.2) is 18.7 Å². The van der Waals surface area contributed by atoms with Crippen molar-refractivity contribution in [3.63, 3.8) is 0 Å². The standard InChI is InChI=1S/C18H29N3O3/c1-14(2)17(24-12-16-6-4-10-23-16)18(22)20-8-3-5-15(11-20)21-9-7-19-13-21/h7,9,13-17H,3-6,8,10-12H2,1-2H3. The van der Waals surface area contributed by atoms with E-state index in [1.54, 1.807) is 6.20 Å². The van der Waals surface area contributed by atoms with Crippen molar-refractivity contribution in [2.45, 2.75) is 57.8 Å². The van der Waals surface area contributed by atoms with Gasteiger partial charge in [-0.2, -0.15) is 0 Å². The summed E-state index contributed by atoms with van der Waals surface area (Å²) in [6.07, 6.45) is 9.61. The lowest BCUT2D eigenvalue weighted by Gasteiger charge is -2.36. The van der Waals surface area contributed by atoms with Crippen molar-refractivity contribution < 1.29 is 14.3 Å². The number of amides is 1. The molecule has 1 amide bonds. The molecular weight excluding hydrogens is 306 g/mol. The van der Waals surface area contributed by atoms with E-state index in [0.29, 0.717) is 12.6 Å². The highest BCUT2D eigenvalue weighted by molar-refractivity contribution is 5.81. The van der Waals surface area contributed by atoms with Crippen LogP contribution in [0.4, 0.5) is 0 Å². The summed E-state index contributed by atoms with van der Waals surface area (Å²) in [5.74, 6) is 0.278. The predicted molar refractivity (Wildman–Crippen MR) is 90.6 cm³/mol. The van der Waals surface area contributed by atoms with Crippen molar-refractivity contribution in [1.29, 1.82) is 0 Å². The van der Waals surface area contributed by atoms with Gasteiger partial charge in [-0.05, 0) is 31.6 Å². The van der Waals surface area contributed by atoms with E-state index >= 15 is 0 Å². The average Bonchev–Trinajstić information content (AvgIpc) is 3.28. The van der Waals surface area contributed by atoms with Gasteiger partial charge in [0.25, 0.3) is 5.91 Å². The topological polar surface area (TPSA) is 56.6 Å². The molecule has 3 rings (SSSR count). The summed E-state index contributed by atoms with van der Waals surface area (Å²) in [7, 11) is 0. The summed E-state index contributed by atoms with van der Waals surface area (Å²) in [5, 5.41) is 0. The van der Waals surface area contributed by atoms with Crippen molar-refractivity contribution in [3.05, 3.63) is 18.7 Å². The Morgan fingerprint density at radius 2 is 2.25 bits per heavy atom. The largest absolute Gasteiger partial charge is 0.376 e. The fourth-order valence-corrected chi connectivity index (χ4v) is 3.60. The molecule has 6 nitrogen and oxygen atoms in total. The average molecular weight is 335 g/mol. The van der Waals surface area contributed by atoms with Gasteiger partial charge in [0, 0.05) is 32.1 Å². The van der Waals surface area contributed by atoms with Crippen molar-refractivity contribution in [3.8, 4) is 0 Å². The third kappa shape index (κ3) is 4.16. The lowest BCUT2D eigenvalue weighted by atomic mass is 10.0. The number of ether oxygens (including phenoxy) is 2. The molecule has 0 bridgehead atoms. The zero-order chi connectivity index (χ0) is 16.9. The van der Waals surface area contributed by atoms with Gasteiger partial charge >= 0.3 is 0 Å².